The largest absolute Gasteiger partial charge is 0.359 e. The number of aromatic nitrogens is 3. The Morgan fingerprint density at radius 1 is 0.900 bits per heavy atom. The number of amides is 2. The second kappa shape index (κ2) is 11.6. The van der Waals surface area contributed by atoms with Gasteiger partial charge in [-0.25, -0.2) is 4.68 Å². The summed E-state index contributed by atoms with van der Waals surface area (Å²) in [6.07, 6.45) is 0. The molecule has 2 amide bonds. The maximum Gasteiger partial charge on any atom is 0.276 e. The molecule has 202 valence electrons. The fourth-order valence-corrected chi connectivity index (χ4v) is 4.80. The molecule has 2 aromatic heterocycles. The summed E-state index contributed by atoms with van der Waals surface area (Å²) in [6, 6.07) is 20.6. The van der Waals surface area contributed by atoms with E-state index in [1.54, 1.807) is 79.2 Å². The molecule has 8 nitrogen and oxygen atoms in total. The summed E-state index contributed by atoms with van der Waals surface area (Å²) in [4.78, 5) is 26.2. The van der Waals surface area contributed by atoms with Gasteiger partial charge in [0.05, 0.1) is 28.6 Å². The zero-order valence-electron chi connectivity index (χ0n) is 21.3. The topological polar surface area (TPSA) is 102 Å². The van der Waals surface area contributed by atoms with Gasteiger partial charge in [0, 0.05) is 38.5 Å². The molecule has 0 aliphatic carbocycles. The van der Waals surface area contributed by atoms with Crippen molar-refractivity contribution in [1.82, 2.24) is 20.3 Å². The first-order valence-electron chi connectivity index (χ1n) is 12.1. The molecule has 0 fully saturated rings. The second-order valence-electron chi connectivity index (χ2n) is 8.99. The van der Waals surface area contributed by atoms with Crippen molar-refractivity contribution in [2.24, 2.45) is 0 Å². The summed E-state index contributed by atoms with van der Waals surface area (Å²) in [5.74, 6) is -0.238. The zero-order valence-corrected chi connectivity index (χ0v) is 23.6. The van der Waals surface area contributed by atoms with Gasteiger partial charge in [0.2, 0.25) is 0 Å². The first-order valence-corrected chi connectivity index (χ1v) is 13.3. The molecule has 5 rings (SSSR count). The molecule has 0 bridgehead atoms. The van der Waals surface area contributed by atoms with Crippen LogP contribution < -0.4 is 10.6 Å². The van der Waals surface area contributed by atoms with Gasteiger partial charge in [-0.3, -0.25) is 9.59 Å². The smallest absolute Gasteiger partial charge is 0.276 e. The molecule has 11 heteroatoms. The molecule has 0 aliphatic rings. The normalized spacial score (nSPS) is 10.9. The highest BCUT2D eigenvalue weighted by molar-refractivity contribution is 6.35. The van der Waals surface area contributed by atoms with Crippen molar-refractivity contribution >= 4 is 52.3 Å². The van der Waals surface area contributed by atoms with Gasteiger partial charge in [-0.1, -0.05) is 58.2 Å². The summed E-state index contributed by atoms with van der Waals surface area (Å²) in [5.41, 5.74) is 4.35. The number of benzene rings is 3. The Hall–Kier alpha value is -4.11. The number of carbonyl (C=O) groups is 2. The van der Waals surface area contributed by atoms with E-state index in [9.17, 15) is 9.59 Å². The van der Waals surface area contributed by atoms with E-state index in [2.05, 4.69) is 20.9 Å². The van der Waals surface area contributed by atoms with Crippen LogP contribution in [0.1, 0.15) is 37.9 Å². The summed E-state index contributed by atoms with van der Waals surface area (Å²) in [6.45, 7) is 3.79. The van der Waals surface area contributed by atoms with E-state index >= 15 is 0 Å². The van der Waals surface area contributed by atoms with Gasteiger partial charge in [-0.05, 0) is 62.4 Å². The molecule has 40 heavy (non-hydrogen) atoms. The van der Waals surface area contributed by atoms with Crippen molar-refractivity contribution < 1.29 is 14.1 Å². The third-order valence-electron chi connectivity index (χ3n) is 6.08. The summed E-state index contributed by atoms with van der Waals surface area (Å²) < 4.78 is 6.74. The van der Waals surface area contributed by atoms with Crippen molar-refractivity contribution in [2.75, 3.05) is 5.32 Å². The van der Waals surface area contributed by atoms with Gasteiger partial charge in [-0.2, -0.15) is 5.10 Å². The number of anilines is 1. The maximum absolute atomic E-state index is 13.5. The van der Waals surface area contributed by atoms with Gasteiger partial charge in [-0.15, -0.1) is 0 Å². The van der Waals surface area contributed by atoms with Crippen molar-refractivity contribution in [3.63, 3.8) is 0 Å². The monoisotopic (exact) mass is 593 g/mol. The highest BCUT2D eigenvalue weighted by atomic mass is 35.5. The van der Waals surface area contributed by atoms with Crippen LogP contribution in [-0.4, -0.2) is 26.8 Å². The minimum atomic E-state index is -0.453. The van der Waals surface area contributed by atoms with E-state index in [0.717, 1.165) is 11.3 Å². The van der Waals surface area contributed by atoms with Crippen LogP contribution in [0.3, 0.4) is 0 Å². The van der Waals surface area contributed by atoms with Gasteiger partial charge < -0.3 is 15.2 Å². The lowest BCUT2D eigenvalue weighted by Gasteiger charge is -2.11. The van der Waals surface area contributed by atoms with E-state index in [4.69, 9.17) is 39.3 Å². The van der Waals surface area contributed by atoms with E-state index in [0.29, 0.717) is 49.0 Å². The van der Waals surface area contributed by atoms with Crippen LogP contribution in [-0.2, 0) is 6.54 Å². The molecule has 3 aromatic carbocycles. The minimum absolute atomic E-state index is 0.187. The lowest BCUT2D eigenvalue weighted by atomic mass is 10.1. The summed E-state index contributed by atoms with van der Waals surface area (Å²) in [5, 5.41) is 15.5. The average Bonchev–Trinajstić information content (AvgIpc) is 3.50. The third kappa shape index (κ3) is 5.89. The van der Waals surface area contributed by atoms with Gasteiger partial charge >= 0.3 is 0 Å². The van der Waals surface area contributed by atoms with Crippen LogP contribution in [0, 0.1) is 13.8 Å². The standard InChI is InChI=1S/C29H22Cl3N5O3/c1-16-12-23(40-36-16)15-33-28(38)19-4-3-5-22(13-19)34-29(39)26-17(2)27(18-6-8-20(30)9-7-18)37(35-26)25-11-10-21(31)14-24(25)32/h3-14H,15H2,1-2H3,(H,33,38)(H,34,39). The quantitative estimate of drug-likeness (QED) is 0.206. The van der Waals surface area contributed by atoms with Crippen LogP contribution in [0.4, 0.5) is 5.69 Å². The number of hydrogen-bond donors (Lipinski definition) is 2. The van der Waals surface area contributed by atoms with E-state index in [1.807, 2.05) is 12.1 Å². The molecule has 0 saturated heterocycles. The number of rotatable bonds is 7. The number of aryl methyl sites for hydroxylation is 1. The Morgan fingerprint density at radius 3 is 2.35 bits per heavy atom. The van der Waals surface area contributed by atoms with Gasteiger partial charge in [0.15, 0.2) is 11.5 Å². The molecule has 5 aromatic rings. The maximum atomic E-state index is 13.5. The number of nitrogens with one attached hydrogen (secondary N) is 2. The molecule has 0 spiro atoms. The summed E-state index contributed by atoms with van der Waals surface area (Å²) in [7, 11) is 0. The van der Waals surface area contributed by atoms with Crippen LogP contribution >= 0.6 is 34.8 Å². The van der Waals surface area contributed by atoms with Crippen LogP contribution in [0.2, 0.25) is 15.1 Å². The molecule has 0 aliphatic heterocycles. The highest BCUT2D eigenvalue weighted by Gasteiger charge is 2.23. The molecular formula is C29H22Cl3N5O3. The molecular weight excluding hydrogens is 573 g/mol. The van der Waals surface area contributed by atoms with Crippen molar-refractivity contribution in [3.05, 3.63) is 116 Å². The fourth-order valence-electron chi connectivity index (χ4n) is 4.18. The Morgan fingerprint density at radius 2 is 1.65 bits per heavy atom. The Balaban J connectivity index is 1.44. The number of nitrogens with zero attached hydrogens (tertiary/aromatic N) is 3. The van der Waals surface area contributed by atoms with Crippen LogP contribution in [0.5, 0.6) is 0 Å². The number of carbonyl (C=O) groups excluding carboxylic acids is 2. The minimum Gasteiger partial charge on any atom is -0.359 e. The fraction of sp³-hybridized carbons (Fsp3) is 0.103. The van der Waals surface area contributed by atoms with E-state index in [1.165, 1.54) is 0 Å². The molecule has 0 saturated carbocycles. The van der Waals surface area contributed by atoms with Gasteiger partial charge in [0.25, 0.3) is 11.8 Å². The van der Waals surface area contributed by atoms with Crippen molar-refractivity contribution in [2.45, 2.75) is 20.4 Å². The highest BCUT2D eigenvalue weighted by Crippen LogP contribution is 2.33. The van der Waals surface area contributed by atoms with E-state index < -0.39 is 5.91 Å². The SMILES string of the molecule is Cc1cc(CNC(=O)c2cccc(NC(=O)c3nn(-c4ccc(Cl)cc4Cl)c(-c4ccc(Cl)cc4)c3C)c2)on1. The Labute approximate surface area is 244 Å². The first kappa shape index (κ1) is 27.5. The third-order valence-corrected chi connectivity index (χ3v) is 6.87. The predicted octanol–water partition coefficient (Wildman–Crippen LogP) is 7.29. The second-order valence-corrected chi connectivity index (χ2v) is 10.3. The Bertz CT molecular complexity index is 1730. The number of halogens is 3. The lowest BCUT2D eigenvalue weighted by molar-refractivity contribution is 0.0945. The molecule has 2 heterocycles. The first-order chi connectivity index (χ1) is 19.2. The number of hydrogen-bond acceptors (Lipinski definition) is 5. The predicted molar refractivity (Wildman–Crippen MR) is 156 cm³/mol. The van der Waals surface area contributed by atoms with Crippen LogP contribution in [0.15, 0.2) is 77.3 Å². The molecule has 0 radical (unpaired) electrons. The molecule has 0 atom stereocenters. The van der Waals surface area contributed by atoms with Crippen molar-refractivity contribution in [1.29, 1.82) is 0 Å². The molecule has 2 N–H and O–H groups in total. The van der Waals surface area contributed by atoms with Crippen molar-refractivity contribution in [3.8, 4) is 16.9 Å². The van der Waals surface area contributed by atoms with E-state index in [-0.39, 0.29) is 18.1 Å². The van der Waals surface area contributed by atoms with Gasteiger partial charge in [0.1, 0.15) is 0 Å². The summed E-state index contributed by atoms with van der Waals surface area (Å²) >= 11 is 18.7. The zero-order chi connectivity index (χ0) is 28.4. The average molecular weight is 595 g/mol. The Kier molecular flexibility index (Phi) is 7.93. The van der Waals surface area contributed by atoms with Crippen LogP contribution in [0.25, 0.3) is 16.9 Å². The lowest BCUT2D eigenvalue weighted by Crippen LogP contribution is -2.23. The molecule has 0 unspecified atom stereocenters.